The molecule has 5 nitrogen and oxygen atoms in total. The predicted octanol–water partition coefficient (Wildman–Crippen LogP) is 3.10. The van der Waals surface area contributed by atoms with E-state index in [1.165, 1.54) is 30.7 Å². The van der Waals surface area contributed by atoms with E-state index in [-0.39, 0.29) is 11.9 Å². The Morgan fingerprint density at radius 1 is 1.38 bits per heavy atom. The standard InChI is InChI=1S/C14H18FN5S/c1-9(16)11-7-4-8-12(15)13(11)21-14-17-18-19-20(14)10-5-2-3-6-10/h4,7-10H,2-3,5-6,16H2,1H3. The number of rotatable bonds is 4. The number of halogens is 1. The molecule has 2 N–H and O–H groups in total. The lowest BCUT2D eigenvalue weighted by Crippen LogP contribution is -2.10. The summed E-state index contributed by atoms with van der Waals surface area (Å²) in [6, 6.07) is 5.06. The third kappa shape index (κ3) is 2.94. The average molecular weight is 307 g/mol. The second kappa shape index (κ2) is 6.11. The zero-order chi connectivity index (χ0) is 14.8. The highest BCUT2D eigenvalue weighted by Gasteiger charge is 2.23. The lowest BCUT2D eigenvalue weighted by molar-refractivity contribution is 0.423. The summed E-state index contributed by atoms with van der Waals surface area (Å²) in [5.74, 6) is -0.282. The fourth-order valence-electron chi connectivity index (χ4n) is 2.71. The number of hydrogen-bond donors (Lipinski definition) is 1. The zero-order valence-corrected chi connectivity index (χ0v) is 12.7. The Balaban J connectivity index is 1.92. The van der Waals surface area contributed by atoms with E-state index >= 15 is 0 Å². The highest BCUT2D eigenvalue weighted by atomic mass is 32.2. The monoisotopic (exact) mass is 307 g/mol. The van der Waals surface area contributed by atoms with Gasteiger partial charge in [-0.3, -0.25) is 0 Å². The highest BCUT2D eigenvalue weighted by Crippen LogP contribution is 2.37. The Labute approximate surface area is 127 Å². The van der Waals surface area contributed by atoms with Crippen LogP contribution in [0.2, 0.25) is 0 Å². The Hall–Kier alpha value is -1.47. The van der Waals surface area contributed by atoms with E-state index in [0.717, 1.165) is 18.4 Å². The van der Waals surface area contributed by atoms with Crippen LogP contribution in [0.5, 0.6) is 0 Å². The predicted molar refractivity (Wildman–Crippen MR) is 78.4 cm³/mol. The maximum Gasteiger partial charge on any atom is 0.214 e. The van der Waals surface area contributed by atoms with E-state index in [4.69, 9.17) is 5.73 Å². The van der Waals surface area contributed by atoms with Crippen molar-refractivity contribution in [2.75, 3.05) is 0 Å². The highest BCUT2D eigenvalue weighted by molar-refractivity contribution is 7.99. The van der Waals surface area contributed by atoms with Gasteiger partial charge in [0, 0.05) is 6.04 Å². The lowest BCUT2D eigenvalue weighted by Gasteiger charge is -2.14. The Bertz CT molecular complexity index is 622. The van der Waals surface area contributed by atoms with Gasteiger partial charge in [0.25, 0.3) is 0 Å². The number of nitrogens with two attached hydrogens (primary N) is 1. The molecule has 3 rings (SSSR count). The summed E-state index contributed by atoms with van der Waals surface area (Å²) in [5, 5.41) is 12.5. The van der Waals surface area contributed by atoms with Crippen LogP contribution in [0.1, 0.15) is 50.3 Å². The molecule has 0 bridgehead atoms. The van der Waals surface area contributed by atoms with Crippen molar-refractivity contribution in [2.45, 2.75) is 54.7 Å². The molecule has 0 spiro atoms. The summed E-state index contributed by atoms with van der Waals surface area (Å²) in [4.78, 5) is 0.515. The Kier molecular flexibility index (Phi) is 4.21. The van der Waals surface area contributed by atoms with Gasteiger partial charge in [-0.25, -0.2) is 9.07 Å². The molecule has 1 aliphatic rings. The number of hydrogen-bond acceptors (Lipinski definition) is 5. The normalized spacial score (nSPS) is 17.3. The van der Waals surface area contributed by atoms with Gasteiger partial charge in [0.2, 0.25) is 5.16 Å². The summed E-state index contributed by atoms with van der Waals surface area (Å²) in [6.45, 7) is 1.85. The van der Waals surface area contributed by atoms with Gasteiger partial charge in [0.15, 0.2) is 0 Å². The van der Waals surface area contributed by atoms with Gasteiger partial charge in [-0.05, 0) is 53.6 Å². The van der Waals surface area contributed by atoms with E-state index in [0.29, 0.717) is 16.1 Å². The van der Waals surface area contributed by atoms with Crippen LogP contribution < -0.4 is 5.73 Å². The quantitative estimate of drug-likeness (QED) is 0.940. The van der Waals surface area contributed by atoms with Gasteiger partial charge in [-0.1, -0.05) is 25.0 Å². The van der Waals surface area contributed by atoms with Crippen LogP contribution in [0.15, 0.2) is 28.3 Å². The van der Waals surface area contributed by atoms with E-state index < -0.39 is 0 Å². The average Bonchev–Trinajstić information content (AvgIpc) is 3.11. The van der Waals surface area contributed by atoms with Crippen molar-refractivity contribution in [1.29, 1.82) is 0 Å². The molecule has 2 aromatic rings. The molecule has 0 saturated heterocycles. The molecule has 1 saturated carbocycles. The summed E-state index contributed by atoms with van der Waals surface area (Å²) in [6.07, 6.45) is 4.55. The van der Waals surface area contributed by atoms with Crippen molar-refractivity contribution in [3.05, 3.63) is 29.6 Å². The lowest BCUT2D eigenvalue weighted by atomic mass is 10.1. The van der Waals surface area contributed by atoms with Crippen molar-refractivity contribution in [3.63, 3.8) is 0 Å². The Morgan fingerprint density at radius 3 is 2.86 bits per heavy atom. The van der Waals surface area contributed by atoms with Crippen molar-refractivity contribution in [3.8, 4) is 0 Å². The number of benzene rings is 1. The molecule has 1 fully saturated rings. The molecule has 0 radical (unpaired) electrons. The summed E-state index contributed by atoms with van der Waals surface area (Å²) in [5.41, 5.74) is 6.71. The number of tetrazole rings is 1. The second-order valence-electron chi connectivity index (χ2n) is 5.39. The smallest absolute Gasteiger partial charge is 0.214 e. The minimum Gasteiger partial charge on any atom is -0.324 e. The van der Waals surface area contributed by atoms with Gasteiger partial charge in [0.1, 0.15) is 5.82 Å². The molecule has 0 aliphatic heterocycles. The zero-order valence-electron chi connectivity index (χ0n) is 11.9. The summed E-state index contributed by atoms with van der Waals surface area (Å²) in [7, 11) is 0. The summed E-state index contributed by atoms with van der Waals surface area (Å²) < 4.78 is 16.0. The van der Waals surface area contributed by atoms with Gasteiger partial charge in [-0.2, -0.15) is 0 Å². The first-order valence-electron chi connectivity index (χ1n) is 7.16. The second-order valence-corrected chi connectivity index (χ2v) is 6.37. The van der Waals surface area contributed by atoms with Crippen LogP contribution in [-0.4, -0.2) is 20.2 Å². The van der Waals surface area contributed by atoms with Crippen LogP contribution in [0.3, 0.4) is 0 Å². The van der Waals surface area contributed by atoms with E-state index in [1.807, 2.05) is 17.7 Å². The topological polar surface area (TPSA) is 69.6 Å². The molecular formula is C14H18FN5S. The third-order valence-electron chi connectivity index (χ3n) is 3.81. The molecule has 1 atom stereocenters. The van der Waals surface area contributed by atoms with Crippen LogP contribution in [0.4, 0.5) is 4.39 Å². The van der Waals surface area contributed by atoms with Crippen molar-refractivity contribution < 1.29 is 4.39 Å². The fourth-order valence-corrected chi connectivity index (χ4v) is 3.79. The van der Waals surface area contributed by atoms with E-state index in [1.54, 1.807) is 6.07 Å². The molecule has 1 heterocycles. The first-order chi connectivity index (χ1) is 10.2. The molecule has 21 heavy (non-hydrogen) atoms. The SMILES string of the molecule is CC(N)c1cccc(F)c1Sc1nnnn1C1CCCC1. The number of aromatic nitrogens is 4. The fraction of sp³-hybridized carbons (Fsp3) is 0.500. The molecule has 1 unspecified atom stereocenters. The van der Waals surface area contributed by atoms with Crippen LogP contribution in [-0.2, 0) is 0 Å². The van der Waals surface area contributed by atoms with Gasteiger partial charge >= 0.3 is 0 Å². The van der Waals surface area contributed by atoms with Crippen LogP contribution in [0, 0.1) is 5.82 Å². The Morgan fingerprint density at radius 2 is 2.14 bits per heavy atom. The molecule has 1 aliphatic carbocycles. The molecule has 1 aromatic carbocycles. The van der Waals surface area contributed by atoms with E-state index in [9.17, 15) is 4.39 Å². The minimum atomic E-state index is -0.282. The molecule has 7 heteroatoms. The maximum atomic E-state index is 14.2. The largest absolute Gasteiger partial charge is 0.324 e. The summed E-state index contributed by atoms with van der Waals surface area (Å²) >= 11 is 1.26. The van der Waals surface area contributed by atoms with Gasteiger partial charge in [-0.15, -0.1) is 5.10 Å². The minimum absolute atomic E-state index is 0.237. The molecular weight excluding hydrogens is 289 g/mol. The van der Waals surface area contributed by atoms with Gasteiger partial charge in [0.05, 0.1) is 10.9 Å². The van der Waals surface area contributed by atoms with Crippen LogP contribution in [0.25, 0.3) is 0 Å². The third-order valence-corrected chi connectivity index (χ3v) is 4.90. The molecule has 0 amide bonds. The van der Waals surface area contributed by atoms with E-state index in [2.05, 4.69) is 15.5 Å². The first-order valence-corrected chi connectivity index (χ1v) is 7.98. The number of nitrogens with zero attached hydrogens (tertiary/aromatic N) is 4. The van der Waals surface area contributed by atoms with Gasteiger partial charge < -0.3 is 5.73 Å². The molecule has 112 valence electrons. The van der Waals surface area contributed by atoms with Crippen LogP contribution >= 0.6 is 11.8 Å². The van der Waals surface area contributed by atoms with Crippen molar-refractivity contribution in [1.82, 2.24) is 20.2 Å². The molecule has 1 aromatic heterocycles. The van der Waals surface area contributed by atoms with Crippen molar-refractivity contribution in [2.24, 2.45) is 5.73 Å². The maximum absolute atomic E-state index is 14.2. The van der Waals surface area contributed by atoms with Crippen molar-refractivity contribution >= 4 is 11.8 Å². The first kappa shape index (κ1) is 14.5.